The molecular weight excluding hydrogens is 289 g/mol. The molecule has 0 bridgehead atoms. The molecule has 2 fully saturated rings. The van der Waals surface area contributed by atoms with Crippen molar-refractivity contribution in [3.8, 4) is 0 Å². The second kappa shape index (κ2) is 4.78. The Kier molecular flexibility index (Phi) is 3.25. The number of fused-ring (bicyclic) bond motifs is 1. The molecule has 0 radical (unpaired) electrons. The van der Waals surface area contributed by atoms with Crippen LogP contribution in [-0.4, -0.2) is 27.7 Å². The smallest absolute Gasteiger partial charge is 0.324 e. The van der Waals surface area contributed by atoms with Crippen molar-refractivity contribution < 1.29 is 24.2 Å². The first-order valence-electron chi connectivity index (χ1n) is 7.27. The Labute approximate surface area is 126 Å². The fourth-order valence-corrected chi connectivity index (χ4v) is 4.14. The Hall–Kier alpha value is -1.95. The highest BCUT2D eigenvalue weighted by Crippen LogP contribution is 2.64. The zero-order valence-corrected chi connectivity index (χ0v) is 12.1. The molecule has 6 heteroatoms. The maximum absolute atomic E-state index is 13.3. The largest absolute Gasteiger partial charge is 0.481 e. The van der Waals surface area contributed by atoms with Crippen molar-refractivity contribution in [2.75, 3.05) is 0 Å². The monoisotopic (exact) mass is 307 g/mol. The average Bonchev–Trinajstić information content (AvgIpc) is 3.08. The molecule has 2 aliphatic rings. The highest BCUT2D eigenvalue weighted by atomic mass is 19.1. The summed E-state index contributed by atoms with van der Waals surface area (Å²) < 4.78 is 13.3. The van der Waals surface area contributed by atoms with E-state index in [1.807, 2.05) is 0 Å². The molecule has 118 valence electrons. The molecule has 4 N–H and O–H groups in total. The maximum Gasteiger partial charge on any atom is 0.324 e. The van der Waals surface area contributed by atoms with Crippen LogP contribution in [0.15, 0.2) is 18.2 Å². The van der Waals surface area contributed by atoms with Gasteiger partial charge in [0.15, 0.2) is 0 Å². The minimum Gasteiger partial charge on any atom is -0.481 e. The van der Waals surface area contributed by atoms with Crippen LogP contribution in [0.4, 0.5) is 4.39 Å². The van der Waals surface area contributed by atoms with Crippen molar-refractivity contribution in [1.82, 2.24) is 0 Å². The molecule has 2 saturated carbocycles. The SMILES string of the molecule is Cc1cc(C[C@@H]2C[C@H]3[C@H](C(=O)O)[C@H]3[C@]2(N)C(=O)O)ccc1F. The second-order valence-corrected chi connectivity index (χ2v) is 6.51. The summed E-state index contributed by atoms with van der Waals surface area (Å²) in [6.45, 7) is 1.65. The third-order valence-electron chi connectivity index (χ3n) is 5.31. The zero-order chi connectivity index (χ0) is 16.2. The van der Waals surface area contributed by atoms with Crippen molar-refractivity contribution >= 4 is 11.9 Å². The summed E-state index contributed by atoms with van der Waals surface area (Å²) in [4.78, 5) is 22.8. The third-order valence-corrected chi connectivity index (χ3v) is 5.31. The van der Waals surface area contributed by atoms with Crippen LogP contribution in [0, 0.1) is 36.4 Å². The van der Waals surface area contributed by atoms with Gasteiger partial charge in [0.05, 0.1) is 5.92 Å². The van der Waals surface area contributed by atoms with Gasteiger partial charge in [0.25, 0.3) is 0 Å². The maximum atomic E-state index is 13.3. The molecule has 22 heavy (non-hydrogen) atoms. The molecule has 5 nitrogen and oxygen atoms in total. The van der Waals surface area contributed by atoms with Crippen molar-refractivity contribution in [2.24, 2.45) is 29.4 Å². The molecule has 1 aromatic rings. The van der Waals surface area contributed by atoms with E-state index >= 15 is 0 Å². The number of aliphatic carboxylic acids is 2. The molecule has 0 heterocycles. The molecule has 3 rings (SSSR count). The van der Waals surface area contributed by atoms with Gasteiger partial charge in [-0.15, -0.1) is 0 Å². The molecule has 0 spiro atoms. The Morgan fingerprint density at radius 3 is 2.64 bits per heavy atom. The van der Waals surface area contributed by atoms with E-state index in [-0.39, 0.29) is 17.7 Å². The summed E-state index contributed by atoms with van der Waals surface area (Å²) in [5, 5.41) is 18.7. The lowest BCUT2D eigenvalue weighted by Crippen LogP contribution is -2.55. The first kappa shape index (κ1) is 15.0. The number of carboxylic acid groups (broad SMARTS) is 2. The minimum absolute atomic E-state index is 0.162. The molecule has 0 aliphatic heterocycles. The highest BCUT2D eigenvalue weighted by molar-refractivity contribution is 5.85. The van der Waals surface area contributed by atoms with E-state index in [2.05, 4.69) is 0 Å². The lowest BCUT2D eigenvalue weighted by atomic mass is 9.78. The molecular formula is C16H18FNO4. The van der Waals surface area contributed by atoms with Crippen LogP contribution in [0.25, 0.3) is 0 Å². The Bertz CT molecular complexity index is 662. The van der Waals surface area contributed by atoms with Gasteiger partial charge in [-0.3, -0.25) is 9.59 Å². The topological polar surface area (TPSA) is 101 Å². The van der Waals surface area contributed by atoms with E-state index in [1.165, 1.54) is 6.07 Å². The Morgan fingerprint density at radius 2 is 2.09 bits per heavy atom. The summed E-state index contributed by atoms with van der Waals surface area (Å²) in [6, 6.07) is 4.68. The predicted octanol–water partition coefficient (Wildman–Crippen LogP) is 1.43. The van der Waals surface area contributed by atoms with Gasteiger partial charge in [0.2, 0.25) is 0 Å². The van der Waals surface area contributed by atoms with E-state index in [0.717, 1.165) is 5.56 Å². The van der Waals surface area contributed by atoms with Gasteiger partial charge in [-0.05, 0) is 48.8 Å². The fourth-order valence-electron chi connectivity index (χ4n) is 4.14. The summed E-state index contributed by atoms with van der Waals surface area (Å²) in [5.74, 6) is -4.07. The van der Waals surface area contributed by atoms with Gasteiger partial charge in [0, 0.05) is 5.92 Å². The van der Waals surface area contributed by atoms with E-state index in [1.54, 1.807) is 19.1 Å². The molecule has 2 aliphatic carbocycles. The van der Waals surface area contributed by atoms with Gasteiger partial charge >= 0.3 is 11.9 Å². The van der Waals surface area contributed by atoms with Crippen molar-refractivity contribution in [2.45, 2.75) is 25.3 Å². The van der Waals surface area contributed by atoms with Crippen LogP contribution in [-0.2, 0) is 16.0 Å². The quantitative estimate of drug-likeness (QED) is 0.781. The standard InChI is InChI=1S/C16H18FNO4/c1-7-4-8(2-3-11(7)17)5-9-6-10-12(14(19)20)13(10)16(9,18)15(21)22/h2-4,9-10,12-13H,5-6,18H2,1H3,(H,19,20)(H,21,22)/t9-,10+,12+,13+,16+/m1/s1. The van der Waals surface area contributed by atoms with E-state index in [0.29, 0.717) is 18.4 Å². The average molecular weight is 307 g/mol. The minimum atomic E-state index is -1.52. The number of hydrogen-bond donors (Lipinski definition) is 3. The summed E-state index contributed by atoms with van der Waals surface area (Å²) in [5.41, 5.74) is 5.95. The molecule has 0 amide bonds. The predicted molar refractivity (Wildman–Crippen MR) is 75.6 cm³/mol. The molecule has 0 unspecified atom stereocenters. The van der Waals surface area contributed by atoms with Crippen LogP contribution < -0.4 is 5.73 Å². The van der Waals surface area contributed by atoms with Crippen molar-refractivity contribution in [3.05, 3.63) is 35.1 Å². The Morgan fingerprint density at radius 1 is 1.41 bits per heavy atom. The Balaban J connectivity index is 1.84. The van der Waals surface area contributed by atoms with Crippen molar-refractivity contribution in [3.63, 3.8) is 0 Å². The van der Waals surface area contributed by atoms with Gasteiger partial charge in [-0.2, -0.15) is 0 Å². The summed E-state index contributed by atoms with van der Waals surface area (Å²) in [6.07, 6.45) is 0.907. The number of hydrogen-bond acceptors (Lipinski definition) is 3. The number of aryl methyl sites for hydroxylation is 1. The number of benzene rings is 1. The number of rotatable bonds is 4. The zero-order valence-electron chi connectivity index (χ0n) is 12.1. The fraction of sp³-hybridized carbons (Fsp3) is 0.500. The van der Waals surface area contributed by atoms with E-state index in [4.69, 9.17) is 10.8 Å². The van der Waals surface area contributed by atoms with Gasteiger partial charge < -0.3 is 15.9 Å². The molecule has 1 aromatic carbocycles. The van der Waals surface area contributed by atoms with E-state index in [9.17, 15) is 19.1 Å². The third kappa shape index (κ3) is 2.01. The lowest BCUT2D eigenvalue weighted by molar-refractivity contribution is -0.147. The second-order valence-electron chi connectivity index (χ2n) is 6.51. The number of halogens is 1. The molecule has 5 atom stereocenters. The summed E-state index contributed by atoms with van der Waals surface area (Å²) >= 11 is 0. The van der Waals surface area contributed by atoms with Crippen LogP contribution >= 0.6 is 0 Å². The summed E-state index contributed by atoms with van der Waals surface area (Å²) in [7, 11) is 0. The first-order valence-corrected chi connectivity index (χ1v) is 7.27. The lowest BCUT2D eigenvalue weighted by Gasteiger charge is -2.31. The number of nitrogens with two attached hydrogens (primary N) is 1. The molecule has 0 saturated heterocycles. The highest BCUT2D eigenvalue weighted by Gasteiger charge is 2.73. The number of carbonyl (C=O) groups is 2. The van der Waals surface area contributed by atoms with Gasteiger partial charge in [-0.1, -0.05) is 12.1 Å². The van der Waals surface area contributed by atoms with Crippen LogP contribution in [0.2, 0.25) is 0 Å². The van der Waals surface area contributed by atoms with E-state index < -0.39 is 29.3 Å². The first-order chi connectivity index (χ1) is 10.3. The van der Waals surface area contributed by atoms with Gasteiger partial charge in [0.1, 0.15) is 11.4 Å². The molecule has 0 aromatic heterocycles. The van der Waals surface area contributed by atoms with Gasteiger partial charge in [-0.25, -0.2) is 4.39 Å². The van der Waals surface area contributed by atoms with Crippen LogP contribution in [0.1, 0.15) is 17.5 Å². The van der Waals surface area contributed by atoms with Crippen molar-refractivity contribution in [1.29, 1.82) is 0 Å². The normalized spacial score (nSPS) is 36.0. The number of carboxylic acids is 2. The van der Waals surface area contributed by atoms with Crippen LogP contribution in [0.5, 0.6) is 0 Å². The van der Waals surface area contributed by atoms with Crippen LogP contribution in [0.3, 0.4) is 0 Å².